The standard InChI is InChI=1S/C12H10Br2N2O2/c13-5-9-1-3-11(15(17)7-9)12-4-2-10(6-14)8-16(12)18/h1-4,7-8H,5-6H2. The monoisotopic (exact) mass is 372 g/mol. The van der Waals surface area contributed by atoms with Crippen LogP contribution in [-0.4, -0.2) is 20.5 Å². The van der Waals surface area contributed by atoms with Crippen LogP contribution in [0.15, 0.2) is 59.2 Å². The lowest BCUT2D eigenvalue weighted by Gasteiger charge is -2.30. The summed E-state index contributed by atoms with van der Waals surface area (Å²) >= 11 is 6.56. The van der Waals surface area contributed by atoms with E-state index in [1.807, 2.05) is 12.2 Å². The quantitative estimate of drug-likeness (QED) is 0.550. The van der Waals surface area contributed by atoms with E-state index in [2.05, 4.69) is 31.9 Å². The molecule has 2 heterocycles. The normalized spacial score (nSPS) is 23.3. The maximum atomic E-state index is 11.8. The first-order chi connectivity index (χ1) is 8.65. The molecule has 0 saturated carbocycles. The predicted octanol–water partition coefficient (Wildman–Crippen LogP) is 3.47. The highest BCUT2D eigenvalue weighted by Gasteiger charge is 2.23. The van der Waals surface area contributed by atoms with Crippen molar-refractivity contribution in [1.82, 2.24) is 5.06 Å². The lowest BCUT2D eigenvalue weighted by molar-refractivity contribution is -0.422. The number of rotatable bonds is 2. The number of hydroxylamine groups is 2. The molecule has 0 saturated heterocycles. The number of alkyl halides is 2. The Balaban J connectivity index is 2.33. The van der Waals surface area contributed by atoms with Gasteiger partial charge in [-0.3, -0.25) is 0 Å². The van der Waals surface area contributed by atoms with Gasteiger partial charge >= 0.3 is 0 Å². The van der Waals surface area contributed by atoms with Crippen LogP contribution in [0, 0.1) is 10.1 Å². The van der Waals surface area contributed by atoms with Gasteiger partial charge in [0.2, 0.25) is 6.20 Å². The number of hydrogen-bond acceptors (Lipinski definition) is 3. The summed E-state index contributed by atoms with van der Waals surface area (Å²) in [6.07, 6.45) is 9.86. The van der Waals surface area contributed by atoms with Crippen LogP contribution in [0.1, 0.15) is 0 Å². The van der Waals surface area contributed by atoms with Gasteiger partial charge in [-0.15, -0.1) is 0 Å². The minimum absolute atomic E-state index is 0.343. The van der Waals surface area contributed by atoms with Crippen LogP contribution in [0.5, 0.6) is 0 Å². The van der Waals surface area contributed by atoms with E-state index in [0.29, 0.717) is 31.9 Å². The molecule has 0 aromatic rings. The molecule has 18 heavy (non-hydrogen) atoms. The minimum atomic E-state index is 0.343. The van der Waals surface area contributed by atoms with Crippen LogP contribution < -0.4 is 0 Å². The van der Waals surface area contributed by atoms with Gasteiger partial charge in [0.25, 0.3) is 5.70 Å². The number of hydrogen-bond donors (Lipinski definition) is 0. The molecule has 2 rings (SSSR count). The van der Waals surface area contributed by atoms with E-state index in [4.69, 9.17) is 0 Å². The molecule has 94 valence electrons. The summed E-state index contributed by atoms with van der Waals surface area (Å²) in [5, 5.41) is 13.8. The molecule has 0 amide bonds. The smallest absolute Gasteiger partial charge is 0.285 e. The van der Waals surface area contributed by atoms with E-state index in [-0.39, 0.29) is 0 Å². The molecule has 0 fully saturated rings. The first-order valence-corrected chi connectivity index (χ1v) is 7.46. The molecule has 2 aliphatic heterocycles. The third-order valence-corrected chi connectivity index (χ3v) is 3.82. The van der Waals surface area contributed by atoms with Crippen molar-refractivity contribution in [1.29, 1.82) is 0 Å². The molecule has 4 nitrogen and oxygen atoms in total. The Kier molecular flexibility index (Phi) is 4.31. The fraction of sp³-hybridized carbons (Fsp3) is 0.167. The van der Waals surface area contributed by atoms with E-state index >= 15 is 0 Å². The van der Waals surface area contributed by atoms with Crippen LogP contribution in [0.4, 0.5) is 0 Å². The number of halogens is 2. The van der Waals surface area contributed by atoms with Gasteiger partial charge in [0, 0.05) is 27.2 Å². The summed E-state index contributed by atoms with van der Waals surface area (Å²) in [7, 11) is 0. The minimum Gasteiger partial charge on any atom is -0.754 e. The van der Waals surface area contributed by atoms with Crippen molar-refractivity contribution in [2.24, 2.45) is 0 Å². The van der Waals surface area contributed by atoms with Crippen molar-refractivity contribution in [3.05, 3.63) is 69.4 Å². The molecule has 0 aliphatic carbocycles. The van der Waals surface area contributed by atoms with Gasteiger partial charge in [-0.2, -0.15) is 0 Å². The zero-order chi connectivity index (χ0) is 13.1. The highest BCUT2D eigenvalue weighted by atomic mass is 79.9. The average molecular weight is 374 g/mol. The number of nitrogens with zero attached hydrogens (tertiary/aromatic N) is 2. The molecule has 6 heteroatoms. The van der Waals surface area contributed by atoms with E-state index in [9.17, 15) is 10.1 Å². The Hall–Kier alpha value is -0.980. The Bertz CT molecular complexity index is 530. The molecule has 0 N–H and O–H groups in total. The largest absolute Gasteiger partial charge is 0.754 e. The summed E-state index contributed by atoms with van der Waals surface area (Å²) in [4.78, 5) is 11.8. The summed E-state index contributed by atoms with van der Waals surface area (Å²) in [5.74, 6) is 0. The predicted molar refractivity (Wildman–Crippen MR) is 77.9 cm³/mol. The van der Waals surface area contributed by atoms with Crippen LogP contribution in [0.2, 0.25) is 0 Å². The van der Waals surface area contributed by atoms with Gasteiger partial charge in [0.05, 0.1) is 4.76 Å². The van der Waals surface area contributed by atoms with E-state index in [1.54, 1.807) is 12.2 Å². The average Bonchev–Trinajstić information content (AvgIpc) is 2.39. The molecule has 0 unspecified atom stereocenters. The fourth-order valence-corrected chi connectivity index (χ4v) is 2.26. The van der Waals surface area contributed by atoms with Crippen LogP contribution in [-0.2, 0) is 0 Å². The van der Waals surface area contributed by atoms with Gasteiger partial charge in [-0.1, -0.05) is 37.9 Å². The lowest BCUT2D eigenvalue weighted by atomic mass is 10.1. The van der Waals surface area contributed by atoms with E-state index in [0.717, 1.165) is 11.1 Å². The second-order valence-electron chi connectivity index (χ2n) is 3.76. The Labute approximate surface area is 121 Å². The van der Waals surface area contributed by atoms with Crippen molar-refractivity contribution in [2.75, 3.05) is 10.7 Å². The van der Waals surface area contributed by atoms with Crippen LogP contribution in [0.25, 0.3) is 0 Å². The first kappa shape index (κ1) is 13.5. The highest BCUT2D eigenvalue weighted by Crippen LogP contribution is 2.24. The zero-order valence-electron chi connectivity index (χ0n) is 9.35. The number of nitroso groups, excluding NO2 is 1. The Morgan fingerprint density at radius 2 is 1.78 bits per heavy atom. The molecule has 0 spiro atoms. The molecule has 0 bridgehead atoms. The zero-order valence-corrected chi connectivity index (χ0v) is 12.5. The lowest BCUT2D eigenvalue weighted by Crippen LogP contribution is -2.17. The molecule has 0 aromatic heterocycles. The maximum Gasteiger partial charge on any atom is 0.285 e. The van der Waals surface area contributed by atoms with Crippen LogP contribution in [0.3, 0.4) is 0 Å². The van der Waals surface area contributed by atoms with Gasteiger partial charge in [0.1, 0.15) is 5.70 Å². The summed E-state index contributed by atoms with van der Waals surface area (Å²) in [5.41, 5.74) is 2.41. The second-order valence-corrected chi connectivity index (χ2v) is 4.89. The van der Waals surface area contributed by atoms with Crippen LogP contribution >= 0.6 is 31.9 Å². The molecule has 2 aliphatic rings. The van der Waals surface area contributed by atoms with Crippen molar-refractivity contribution in [3.8, 4) is 0 Å². The topological polar surface area (TPSA) is 46.4 Å². The first-order valence-electron chi connectivity index (χ1n) is 5.22. The molecular weight excluding hydrogens is 364 g/mol. The van der Waals surface area contributed by atoms with Gasteiger partial charge in [-0.25, -0.2) is 0 Å². The van der Waals surface area contributed by atoms with Gasteiger partial charge in [0.15, 0.2) is 0 Å². The molecular formula is C12H10Br2N2O2. The van der Waals surface area contributed by atoms with E-state index < -0.39 is 0 Å². The summed E-state index contributed by atoms with van der Waals surface area (Å²) in [6, 6.07) is 0. The fourth-order valence-electron chi connectivity index (χ4n) is 1.60. The second kappa shape index (κ2) is 5.77. The van der Waals surface area contributed by atoms with Crippen molar-refractivity contribution < 1.29 is 4.76 Å². The van der Waals surface area contributed by atoms with Gasteiger partial charge in [-0.05, 0) is 23.9 Å². The third kappa shape index (κ3) is 2.71. The van der Waals surface area contributed by atoms with Crippen molar-refractivity contribution >= 4 is 31.9 Å². The summed E-state index contributed by atoms with van der Waals surface area (Å²) in [6.45, 7) is 0. The van der Waals surface area contributed by atoms with Crippen molar-refractivity contribution in [2.45, 2.75) is 0 Å². The van der Waals surface area contributed by atoms with E-state index in [1.165, 1.54) is 12.4 Å². The molecule has 0 aromatic carbocycles. The molecule has 0 atom stereocenters. The van der Waals surface area contributed by atoms with Crippen molar-refractivity contribution in [3.63, 3.8) is 0 Å². The maximum absolute atomic E-state index is 11.8. The SMILES string of the molecule is O=[N+]1C=C(CBr)C=CC1=C1C=CC(CBr)=CN1[O-]. The Morgan fingerprint density at radius 1 is 1.11 bits per heavy atom. The van der Waals surface area contributed by atoms with Gasteiger partial charge < -0.3 is 10.3 Å². The highest BCUT2D eigenvalue weighted by molar-refractivity contribution is 9.09. The third-order valence-electron chi connectivity index (χ3n) is 2.52. The number of allylic oxidation sites excluding steroid dienone is 6. The summed E-state index contributed by atoms with van der Waals surface area (Å²) < 4.78 is 0.716. The molecule has 0 radical (unpaired) electrons. The Morgan fingerprint density at radius 3 is 2.33 bits per heavy atom.